The lowest BCUT2D eigenvalue weighted by molar-refractivity contribution is 0.0982. The number of aryl methyl sites for hydroxylation is 1. The lowest BCUT2D eigenvalue weighted by atomic mass is 9.84. The van der Waals surface area contributed by atoms with Gasteiger partial charge < -0.3 is 4.43 Å². The topological polar surface area (TPSA) is 72.1 Å². The first-order chi connectivity index (χ1) is 12.1. The summed E-state index contributed by atoms with van der Waals surface area (Å²) in [6, 6.07) is 10.9. The molecular formula is C19H24N2O3SSi. The quantitative estimate of drug-likeness (QED) is 0.744. The molecule has 0 N–H and O–H groups in total. The second kappa shape index (κ2) is 6.37. The van der Waals surface area contributed by atoms with Crippen LogP contribution < -0.4 is 0 Å². The van der Waals surface area contributed by atoms with Crippen LogP contribution in [-0.4, -0.2) is 20.7 Å². The minimum Gasteiger partial charge on any atom is -0.396 e. The van der Waals surface area contributed by atoms with Gasteiger partial charge in [-0.1, -0.05) is 17.7 Å². The molecule has 138 valence electrons. The molecule has 1 heterocycles. The second-order valence-electron chi connectivity index (χ2n) is 7.80. The van der Waals surface area contributed by atoms with E-state index in [1.165, 1.54) is 3.97 Å². The largest absolute Gasteiger partial charge is 0.396 e. The Kier molecular flexibility index (Phi) is 4.63. The van der Waals surface area contributed by atoms with Crippen molar-refractivity contribution < 1.29 is 12.8 Å². The van der Waals surface area contributed by atoms with Gasteiger partial charge in [-0.3, -0.25) is 0 Å². The molecule has 1 aromatic carbocycles. The predicted octanol–water partition coefficient (Wildman–Crippen LogP) is 3.94. The fourth-order valence-electron chi connectivity index (χ4n) is 3.52. The van der Waals surface area contributed by atoms with Crippen LogP contribution in [-0.2, 0) is 26.5 Å². The normalized spacial score (nSPS) is 20.4. The van der Waals surface area contributed by atoms with E-state index in [-0.39, 0.29) is 4.90 Å². The Bertz CT molecular complexity index is 966. The van der Waals surface area contributed by atoms with Crippen molar-refractivity contribution in [3.8, 4) is 6.07 Å². The Hall–Kier alpha value is -1.88. The number of nitriles is 1. The van der Waals surface area contributed by atoms with Gasteiger partial charge in [0.1, 0.15) is 6.07 Å². The summed E-state index contributed by atoms with van der Waals surface area (Å²) in [5, 5.41) is 9.90. The maximum absolute atomic E-state index is 13.1. The minimum atomic E-state index is -3.69. The van der Waals surface area contributed by atoms with Gasteiger partial charge in [0, 0.05) is 17.5 Å². The molecule has 1 unspecified atom stereocenters. The van der Waals surface area contributed by atoms with Gasteiger partial charge in [0.25, 0.3) is 10.0 Å². The van der Waals surface area contributed by atoms with Crippen LogP contribution in [0.2, 0.25) is 19.6 Å². The number of hydrogen-bond acceptors (Lipinski definition) is 4. The molecule has 0 saturated heterocycles. The molecule has 0 fully saturated rings. The van der Waals surface area contributed by atoms with Gasteiger partial charge in [0.15, 0.2) is 13.9 Å². The summed E-state index contributed by atoms with van der Waals surface area (Å²) in [6.07, 6.45) is 3.49. The highest BCUT2D eigenvalue weighted by molar-refractivity contribution is 7.90. The van der Waals surface area contributed by atoms with Crippen LogP contribution >= 0.6 is 0 Å². The molecule has 1 aliphatic rings. The van der Waals surface area contributed by atoms with E-state index >= 15 is 0 Å². The van der Waals surface area contributed by atoms with Crippen molar-refractivity contribution in [3.63, 3.8) is 0 Å². The van der Waals surface area contributed by atoms with Crippen molar-refractivity contribution in [3.05, 3.63) is 53.3 Å². The second-order valence-corrected chi connectivity index (χ2v) is 14.0. The zero-order valence-corrected chi connectivity index (χ0v) is 17.4. The number of nitrogens with zero attached hydrogens (tertiary/aromatic N) is 2. The molecule has 3 rings (SSSR count). The molecule has 5 nitrogen and oxygen atoms in total. The Morgan fingerprint density at radius 3 is 2.42 bits per heavy atom. The fourth-order valence-corrected chi connectivity index (χ4v) is 6.23. The monoisotopic (exact) mass is 388 g/mol. The Morgan fingerprint density at radius 2 is 1.85 bits per heavy atom. The number of hydrogen-bond donors (Lipinski definition) is 0. The lowest BCUT2D eigenvalue weighted by Crippen LogP contribution is -2.42. The molecule has 1 aliphatic carbocycles. The Labute approximate surface area is 156 Å². The smallest absolute Gasteiger partial charge is 0.267 e. The van der Waals surface area contributed by atoms with Gasteiger partial charge in [0.05, 0.1) is 4.90 Å². The van der Waals surface area contributed by atoms with Gasteiger partial charge in [-0.2, -0.15) is 5.26 Å². The van der Waals surface area contributed by atoms with E-state index < -0.39 is 23.9 Å². The van der Waals surface area contributed by atoms with Crippen LogP contribution in [0, 0.1) is 18.3 Å². The molecule has 0 bridgehead atoms. The highest BCUT2D eigenvalue weighted by atomic mass is 32.2. The summed E-state index contributed by atoms with van der Waals surface area (Å²) in [7, 11) is -5.69. The van der Waals surface area contributed by atoms with Crippen molar-refractivity contribution in [1.82, 2.24) is 3.97 Å². The zero-order valence-electron chi connectivity index (χ0n) is 15.6. The molecule has 2 aromatic rings. The molecule has 0 radical (unpaired) electrons. The maximum atomic E-state index is 13.1. The van der Waals surface area contributed by atoms with Crippen LogP contribution in [0.1, 0.15) is 29.7 Å². The molecule has 7 heteroatoms. The number of fused-ring (bicyclic) bond motifs is 1. The van der Waals surface area contributed by atoms with E-state index in [0.717, 1.165) is 12.0 Å². The van der Waals surface area contributed by atoms with E-state index in [4.69, 9.17) is 4.43 Å². The van der Waals surface area contributed by atoms with E-state index in [1.807, 2.05) is 26.6 Å². The van der Waals surface area contributed by atoms with Crippen molar-refractivity contribution in [1.29, 1.82) is 5.26 Å². The third-order valence-corrected chi connectivity index (χ3v) is 7.26. The minimum absolute atomic E-state index is 0.251. The van der Waals surface area contributed by atoms with Crippen molar-refractivity contribution >= 4 is 18.3 Å². The van der Waals surface area contributed by atoms with Gasteiger partial charge in [-0.05, 0) is 64.0 Å². The Morgan fingerprint density at radius 1 is 1.19 bits per heavy atom. The Balaban J connectivity index is 2.12. The summed E-state index contributed by atoms with van der Waals surface area (Å²) in [5.74, 6) is 0. The maximum Gasteiger partial charge on any atom is 0.267 e. The molecular weight excluding hydrogens is 364 g/mol. The summed E-state index contributed by atoms with van der Waals surface area (Å²) >= 11 is 0. The average molecular weight is 389 g/mol. The first kappa shape index (κ1) is 18.9. The third kappa shape index (κ3) is 3.25. The highest BCUT2D eigenvalue weighted by Gasteiger charge is 2.43. The van der Waals surface area contributed by atoms with Crippen molar-refractivity contribution in [2.45, 2.75) is 56.3 Å². The number of aromatic nitrogens is 1. The van der Waals surface area contributed by atoms with E-state index in [0.29, 0.717) is 24.1 Å². The fraction of sp³-hybridized carbons (Fsp3) is 0.421. The molecule has 0 aliphatic heterocycles. The molecule has 0 spiro atoms. The van der Waals surface area contributed by atoms with Crippen LogP contribution in [0.4, 0.5) is 0 Å². The number of rotatable bonds is 4. The SMILES string of the molecule is Cc1ccc(S(=O)(=O)n2ccc3c2CCCC3(C#N)O[Si](C)(C)C)cc1. The van der Waals surface area contributed by atoms with E-state index in [9.17, 15) is 13.7 Å². The van der Waals surface area contributed by atoms with Gasteiger partial charge in [-0.15, -0.1) is 0 Å². The summed E-state index contributed by atoms with van der Waals surface area (Å²) in [6.45, 7) is 8.05. The van der Waals surface area contributed by atoms with Crippen LogP contribution in [0.25, 0.3) is 0 Å². The van der Waals surface area contributed by atoms with Crippen LogP contribution in [0.5, 0.6) is 0 Å². The molecule has 0 amide bonds. The molecule has 1 aromatic heterocycles. The molecule has 26 heavy (non-hydrogen) atoms. The van der Waals surface area contributed by atoms with Crippen molar-refractivity contribution in [2.75, 3.05) is 0 Å². The highest BCUT2D eigenvalue weighted by Crippen LogP contribution is 2.41. The van der Waals surface area contributed by atoms with Crippen LogP contribution in [0.3, 0.4) is 0 Å². The average Bonchev–Trinajstić information content (AvgIpc) is 3.00. The molecule has 0 saturated carbocycles. The number of benzene rings is 1. The summed E-state index contributed by atoms with van der Waals surface area (Å²) in [4.78, 5) is 0.251. The van der Waals surface area contributed by atoms with E-state index in [2.05, 4.69) is 6.07 Å². The van der Waals surface area contributed by atoms with Gasteiger partial charge in [-0.25, -0.2) is 12.4 Å². The molecule has 1 atom stereocenters. The van der Waals surface area contributed by atoms with Crippen LogP contribution in [0.15, 0.2) is 41.4 Å². The zero-order chi connectivity index (χ0) is 19.2. The standard InChI is InChI=1S/C19H24N2O3SSi/c1-15-7-9-16(10-8-15)25(22,23)21-13-11-17-18(21)6-5-12-19(17,14-20)24-26(2,3)4/h7-11,13H,5-6,12H2,1-4H3. The van der Waals surface area contributed by atoms with Gasteiger partial charge >= 0.3 is 0 Å². The lowest BCUT2D eigenvalue weighted by Gasteiger charge is -2.37. The first-order valence-corrected chi connectivity index (χ1v) is 13.6. The first-order valence-electron chi connectivity index (χ1n) is 8.73. The van der Waals surface area contributed by atoms with Gasteiger partial charge in [0.2, 0.25) is 0 Å². The summed E-state index contributed by atoms with van der Waals surface area (Å²) in [5.41, 5.74) is 1.32. The van der Waals surface area contributed by atoms with Crippen molar-refractivity contribution in [2.24, 2.45) is 0 Å². The van der Waals surface area contributed by atoms with E-state index in [1.54, 1.807) is 36.5 Å². The predicted molar refractivity (Wildman–Crippen MR) is 103 cm³/mol. The summed E-state index contributed by atoms with van der Waals surface area (Å²) < 4.78 is 33.8. The third-order valence-electron chi connectivity index (χ3n) is 4.57.